The maximum Gasteiger partial charge on any atom is 0.0682 e. The summed E-state index contributed by atoms with van der Waals surface area (Å²) < 4.78 is 1.06. The van der Waals surface area contributed by atoms with Gasteiger partial charge in [0.2, 0.25) is 0 Å². The molecule has 90 valence electrons. The lowest BCUT2D eigenvalue weighted by Crippen LogP contribution is -2.32. The number of anilines is 1. The van der Waals surface area contributed by atoms with Crippen molar-refractivity contribution < 1.29 is 5.11 Å². The van der Waals surface area contributed by atoms with Crippen LogP contribution >= 0.6 is 15.9 Å². The van der Waals surface area contributed by atoms with Gasteiger partial charge < -0.3 is 10.0 Å². The highest BCUT2D eigenvalue weighted by Crippen LogP contribution is 2.29. The zero-order valence-corrected chi connectivity index (χ0v) is 11.8. The smallest absolute Gasteiger partial charge is 0.0682 e. The first-order valence-corrected chi connectivity index (χ1v) is 6.59. The highest BCUT2D eigenvalue weighted by Gasteiger charge is 2.13. The molecular formula is C13H20BrNO. The molecule has 0 bridgehead atoms. The monoisotopic (exact) mass is 285 g/mol. The predicted molar refractivity (Wildman–Crippen MR) is 72.8 cm³/mol. The molecule has 1 aromatic rings. The zero-order valence-electron chi connectivity index (χ0n) is 10.2. The van der Waals surface area contributed by atoms with E-state index in [1.807, 2.05) is 12.1 Å². The molecule has 2 nitrogen and oxygen atoms in total. The molecule has 0 amide bonds. The van der Waals surface area contributed by atoms with Crippen molar-refractivity contribution in [1.82, 2.24) is 0 Å². The number of aliphatic hydroxyl groups excluding tert-OH is 1. The van der Waals surface area contributed by atoms with E-state index in [0.29, 0.717) is 6.04 Å². The lowest BCUT2D eigenvalue weighted by Gasteiger charge is -2.30. The van der Waals surface area contributed by atoms with E-state index < -0.39 is 0 Å². The van der Waals surface area contributed by atoms with Gasteiger partial charge in [0, 0.05) is 17.1 Å². The fourth-order valence-electron chi connectivity index (χ4n) is 1.82. The van der Waals surface area contributed by atoms with Gasteiger partial charge in [-0.25, -0.2) is 0 Å². The molecule has 0 aromatic heterocycles. The van der Waals surface area contributed by atoms with Crippen LogP contribution in [-0.2, 0) is 6.61 Å². The Morgan fingerprint density at radius 3 is 2.50 bits per heavy atom. The van der Waals surface area contributed by atoms with Crippen molar-refractivity contribution in [3.05, 3.63) is 28.2 Å². The number of rotatable bonds is 5. The van der Waals surface area contributed by atoms with Crippen molar-refractivity contribution in [3.63, 3.8) is 0 Å². The van der Waals surface area contributed by atoms with Crippen LogP contribution in [0.2, 0.25) is 0 Å². The van der Waals surface area contributed by atoms with Gasteiger partial charge in [0.15, 0.2) is 0 Å². The summed E-state index contributed by atoms with van der Waals surface area (Å²) in [5, 5.41) is 9.07. The predicted octanol–water partition coefficient (Wildman–Crippen LogP) is 3.57. The van der Waals surface area contributed by atoms with Crippen molar-refractivity contribution in [2.24, 2.45) is 0 Å². The second-order valence-corrected chi connectivity index (χ2v) is 4.84. The Balaban J connectivity index is 3.01. The van der Waals surface area contributed by atoms with E-state index in [9.17, 15) is 0 Å². The van der Waals surface area contributed by atoms with Gasteiger partial charge in [0.1, 0.15) is 0 Å². The summed E-state index contributed by atoms with van der Waals surface area (Å²) >= 11 is 3.57. The third-order valence-electron chi connectivity index (χ3n) is 2.97. The zero-order chi connectivity index (χ0) is 12.1. The molecule has 0 spiro atoms. The molecule has 0 heterocycles. The number of hydrogen-bond donors (Lipinski definition) is 1. The molecular weight excluding hydrogens is 266 g/mol. The van der Waals surface area contributed by atoms with Crippen molar-refractivity contribution >= 4 is 21.6 Å². The van der Waals surface area contributed by atoms with Crippen molar-refractivity contribution in [3.8, 4) is 0 Å². The van der Waals surface area contributed by atoms with Crippen LogP contribution in [-0.4, -0.2) is 17.7 Å². The van der Waals surface area contributed by atoms with Crippen LogP contribution in [0.5, 0.6) is 0 Å². The second-order valence-electron chi connectivity index (χ2n) is 3.99. The van der Waals surface area contributed by atoms with Crippen LogP contribution in [0.25, 0.3) is 0 Å². The summed E-state index contributed by atoms with van der Waals surface area (Å²) in [6.07, 6.45) is 1.13. The Morgan fingerprint density at radius 1 is 1.38 bits per heavy atom. The molecule has 0 aliphatic rings. The van der Waals surface area contributed by atoms with Gasteiger partial charge >= 0.3 is 0 Å². The van der Waals surface area contributed by atoms with E-state index in [1.165, 1.54) is 5.69 Å². The topological polar surface area (TPSA) is 23.5 Å². The average molecular weight is 286 g/mol. The molecule has 1 unspecified atom stereocenters. The molecule has 0 radical (unpaired) electrons. The molecule has 0 saturated heterocycles. The van der Waals surface area contributed by atoms with E-state index in [0.717, 1.165) is 23.0 Å². The Bertz CT molecular complexity index is 341. The molecule has 3 heteroatoms. The summed E-state index contributed by atoms with van der Waals surface area (Å²) in [6.45, 7) is 7.68. The number of nitrogens with zero attached hydrogens (tertiary/aromatic N) is 1. The average Bonchev–Trinajstić information content (AvgIpc) is 2.31. The maximum absolute atomic E-state index is 9.07. The molecule has 1 aromatic carbocycles. The summed E-state index contributed by atoms with van der Waals surface area (Å²) in [5.74, 6) is 0. The number of aliphatic hydroxyl groups is 1. The summed E-state index contributed by atoms with van der Waals surface area (Å²) in [5.41, 5.74) is 2.14. The minimum Gasteiger partial charge on any atom is -0.392 e. The van der Waals surface area contributed by atoms with Crippen molar-refractivity contribution in [1.29, 1.82) is 0 Å². The highest BCUT2D eigenvalue weighted by molar-refractivity contribution is 9.10. The Labute approximate surface area is 106 Å². The first-order chi connectivity index (χ1) is 7.63. The van der Waals surface area contributed by atoms with Crippen LogP contribution in [0.15, 0.2) is 22.7 Å². The molecule has 0 fully saturated rings. The standard InChI is InChI=1S/C13H20BrNO/c1-4-10(3)15(5-2)13-7-6-11(9-16)8-12(13)14/h6-8,10,16H,4-5,9H2,1-3H3. The highest BCUT2D eigenvalue weighted by atomic mass is 79.9. The summed E-state index contributed by atoms with van der Waals surface area (Å²) in [6, 6.07) is 6.57. The Morgan fingerprint density at radius 2 is 2.06 bits per heavy atom. The van der Waals surface area contributed by atoms with Crippen LogP contribution in [0, 0.1) is 0 Å². The van der Waals surface area contributed by atoms with Gasteiger partial charge in [-0.3, -0.25) is 0 Å². The van der Waals surface area contributed by atoms with Gasteiger partial charge in [-0.1, -0.05) is 13.0 Å². The van der Waals surface area contributed by atoms with Gasteiger partial charge in [-0.2, -0.15) is 0 Å². The van der Waals surface area contributed by atoms with Gasteiger partial charge in [0.05, 0.1) is 12.3 Å². The molecule has 1 N–H and O–H groups in total. The van der Waals surface area contributed by atoms with Crippen LogP contribution in [0.3, 0.4) is 0 Å². The number of benzene rings is 1. The Kier molecular flexibility index (Phi) is 5.29. The van der Waals surface area contributed by atoms with E-state index in [-0.39, 0.29) is 6.61 Å². The molecule has 1 atom stereocenters. The van der Waals surface area contributed by atoms with Crippen LogP contribution in [0.4, 0.5) is 5.69 Å². The third-order valence-corrected chi connectivity index (χ3v) is 3.60. The second kappa shape index (κ2) is 6.26. The quantitative estimate of drug-likeness (QED) is 0.894. The van der Waals surface area contributed by atoms with E-state index in [2.05, 4.69) is 47.7 Å². The number of halogens is 1. The third kappa shape index (κ3) is 2.98. The first-order valence-electron chi connectivity index (χ1n) is 5.79. The van der Waals surface area contributed by atoms with Crippen LogP contribution < -0.4 is 4.90 Å². The molecule has 0 aliphatic heterocycles. The lowest BCUT2D eigenvalue weighted by atomic mass is 10.1. The normalized spacial score (nSPS) is 12.6. The Hall–Kier alpha value is -0.540. The lowest BCUT2D eigenvalue weighted by molar-refractivity contribution is 0.282. The summed E-state index contributed by atoms with van der Waals surface area (Å²) in [4.78, 5) is 2.37. The molecule has 1 rings (SSSR count). The largest absolute Gasteiger partial charge is 0.392 e. The van der Waals surface area contributed by atoms with E-state index >= 15 is 0 Å². The fraction of sp³-hybridized carbons (Fsp3) is 0.538. The molecule has 0 saturated carbocycles. The SMILES string of the molecule is CCC(C)N(CC)c1ccc(CO)cc1Br. The summed E-state index contributed by atoms with van der Waals surface area (Å²) in [7, 11) is 0. The number of hydrogen-bond acceptors (Lipinski definition) is 2. The fourth-order valence-corrected chi connectivity index (χ4v) is 2.48. The van der Waals surface area contributed by atoms with Gasteiger partial charge in [-0.15, -0.1) is 0 Å². The maximum atomic E-state index is 9.07. The molecule has 0 aliphatic carbocycles. The minimum atomic E-state index is 0.0916. The van der Waals surface area contributed by atoms with E-state index in [1.54, 1.807) is 0 Å². The first kappa shape index (κ1) is 13.5. The van der Waals surface area contributed by atoms with Crippen LogP contribution in [0.1, 0.15) is 32.8 Å². The van der Waals surface area contributed by atoms with Gasteiger partial charge in [0.25, 0.3) is 0 Å². The van der Waals surface area contributed by atoms with Crippen molar-refractivity contribution in [2.75, 3.05) is 11.4 Å². The minimum absolute atomic E-state index is 0.0916. The van der Waals surface area contributed by atoms with Crippen molar-refractivity contribution in [2.45, 2.75) is 39.8 Å². The van der Waals surface area contributed by atoms with E-state index in [4.69, 9.17) is 5.11 Å². The molecule has 16 heavy (non-hydrogen) atoms. The van der Waals surface area contributed by atoms with Gasteiger partial charge in [-0.05, 0) is 53.9 Å².